The summed E-state index contributed by atoms with van der Waals surface area (Å²) in [6.45, 7) is 0. The van der Waals surface area contributed by atoms with Crippen LogP contribution in [0, 0.1) is 0 Å². The Morgan fingerprint density at radius 2 is 1.44 bits per heavy atom. The Hall–Kier alpha value is -3.44. The summed E-state index contributed by atoms with van der Waals surface area (Å²) in [6, 6.07) is 18.4. The number of halogens is 1. The average Bonchev–Trinajstić information content (AvgIpc) is 2.67. The normalized spacial score (nSPS) is 12.6. The van der Waals surface area contributed by atoms with Gasteiger partial charge in [-0.2, -0.15) is 0 Å². The smallest absolute Gasteiger partial charge is 0.272 e. The molecular weight excluding hydrogens is 362 g/mol. The van der Waals surface area contributed by atoms with E-state index < -0.39 is 11.1 Å². The minimum Gasteiger partial charge on any atom is -0.316 e. The van der Waals surface area contributed by atoms with Crippen molar-refractivity contribution >= 4 is 34.7 Å². The molecule has 0 unspecified atom stereocenters. The molecule has 0 aliphatic carbocycles. The number of rotatable bonds is 2. The molecule has 0 aliphatic heterocycles. The van der Waals surface area contributed by atoms with Crippen molar-refractivity contribution in [2.75, 3.05) is 0 Å². The third-order valence-corrected chi connectivity index (χ3v) is 4.33. The molecule has 2 N–H and O–H groups in total. The highest BCUT2D eigenvalue weighted by Gasteiger charge is 1.99. The molecule has 0 aliphatic rings. The van der Waals surface area contributed by atoms with Crippen LogP contribution in [-0.2, 0) is 0 Å². The Bertz CT molecular complexity index is 1370. The number of hydrogen-bond donors (Lipinski definition) is 2. The predicted molar refractivity (Wildman–Crippen MR) is 107 cm³/mol. The minimum atomic E-state index is -0.398. The van der Waals surface area contributed by atoms with Gasteiger partial charge in [0.05, 0.1) is 11.2 Å². The summed E-state index contributed by atoms with van der Waals surface area (Å²) >= 11 is 5.86. The summed E-state index contributed by atoms with van der Waals surface area (Å²) < 4.78 is 0. The van der Waals surface area contributed by atoms with Gasteiger partial charge in [-0.25, -0.2) is 4.98 Å². The Kier molecular flexibility index (Phi) is 4.44. The summed E-state index contributed by atoms with van der Waals surface area (Å²) in [4.78, 5) is 34.4. The van der Waals surface area contributed by atoms with Crippen molar-refractivity contribution in [3.63, 3.8) is 0 Å². The van der Waals surface area contributed by atoms with Gasteiger partial charge in [-0.15, -0.1) is 0 Å². The molecule has 2 aromatic carbocycles. The molecule has 0 bridgehead atoms. The number of H-pyrrole nitrogens is 2. The van der Waals surface area contributed by atoms with Crippen molar-refractivity contribution < 1.29 is 0 Å². The van der Waals surface area contributed by atoms with Gasteiger partial charge in [0.2, 0.25) is 0 Å². The lowest BCUT2D eigenvalue weighted by Crippen LogP contribution is -2.46. The quantitative estimate of drug-likeness (QED) is 0.562. The molecule has 2 aromatic heterocycles. The number of aromatic amines is 2. The molecule has 5 nitrogen and oxygen atoms in total. The van der Waals surface area contributed by atoms with E-state index in [2.05, 4.69) is 15.0 Å². The van der Waals surface area contributed by atoms with Gasteiger partial charge in [-0.3, -0.25) is 9.59 Å². The molecule has 4 aromatic rings. The van der Waals surface area contributed by atoms with Crippen LogP contribution in [-0.4, -0.2) is 15.0 Å². The van der Waals surface area contributed by atoms with Gasteiger partial charge in [0.1, 0.15) is 10.7 Å². The van der Waals surface area contributed by atoms with Crippen LogP contribution in [0.5, 0.6) is 0 Å². The van der Waals surface area contributed by atoms with E-state index in [0.717, 1.165) is 16.5 Å². The van der Waals surface area contributed by atoms with Crippen molar-refractivity contribution in [1.29, 1.82) is 0 Å². The molecule has 27 heavy (non-hydrogen) atoms. The van der Waals surface area contributed by atoms with E-state index in [-0.39, 0.29) is 10.7 Å². The molecule has 0 saturated carbocycles. The van der Waals surface area contributed by atoms with Crippen LogP contribution in [0.25, 0.3) is 23.1 Å². The molecule has 4 rings (SSSR count). The Labute approximate surface area is 158 Å². The minimum absolute atomic E-state index is 0.149. The summed E-state index contributed by atoms with van der Waals surface area (Å²) in [6.07, 6.45) is 3.15. The Morgan fingerprint density at radius 1 is 0.778 bits per heavy atom. The summed E-state index contributed by atoms with van der Waals surface area (Å²) in [7, 11) is 0. The lowest BCUT2D eigenvalue weighted by molar-refractivity contribution is 1.00. The van der Waals surface area contributed by atoms with E-state index in [9.17, 15) is 9.59 Å². The fourth-order valence-electron chi connectivity index (χ4n) is 2.73. The van der Waals surface area contributed by atoms with Crippen LogP contribution in [0.15, 0.2) is 70.3 Å². The van der Waals surface area contributed by atoms with Crippen LogP contribution in [0.2, 0.25) is 5.02 Å². The van der Waals surface area contributed by atoms with Gasteiger partial charge in [-0.1, -0.05) is 48.0 Å². The van der Waals surface area contributed by atoms with Gasteiger partial charge in [0.15, 0.2) is 0 Å². The molecule has 0 spiro atoms. The topological polar surface area (TPSA) is 78.6 Å². The summed E-state index contributed by atoms with van der Waals surface area (Å²) in [5.74, 6) is 0. The number of para-hydroxylation sites is 1. The molecule has 0 radical (unpaired) electrons. The molecule has 0 amide bonds. The zero-order valence-electron chi connectivity index (χ0n) is 14.1. The number of fused-ring (bicyclic) bond motifs is 1. The lowest BCUT2D eigenvalue weighted by Gasteiger charge is -1.98. The van der Waals surface area contributed by atoms with Crippen molar-refractivity contribution in [2.45, 2.75) is 0 Å². The van der Waals surface area contributed by atoms with Crippen molar-refractivity contribution in [3.05, 3.63) is 108 Å². The second kappa shape index (κ2) is 7.05. The molecular formula is C21H14ClN3O2. The zero-order valence-corrected chi connectivity index (χ0v) is 14.8. The lowest BCUT2D eigenvalue weighted by atomic mass is 10.2. The number of aromatic nitrogens is 3. The van der Waals surface area contributed by atoms with Crippen LogP contribution in [0.1, 0.15) is 11.3 Å². The molecule has 0 fully saturated rings. The highest BCUT2D eigenvalue weighted by Crippen LogP contribution is 2.11. The number of nitrogens with one attached hydrogen (secondary N) is 2. The van der Waals surface area contributed by atoms with E-state index in [1.54, 1.807) is 42.5 Å². The molecule has 0 saturated heterocycles. The SMILES string of the molecule is O=c1[nH]/c(=C\c2ccc3ccccc3n2)c(=O)[nH]/c1=C\c1ccc(Cl)cc1. The fraction of sp³-hybridized carbons (Fsp3) is 0. The average molecular weight is 376 g/mol. The largest absolute Gasteiger partial charge is 0.316 e. The zero-order chi connectivity index (χ0) is 18.8. The predicted octanol–water partition coefficient (Wildman–Crippen LogP) is 1.92. The molecule has 2 heterocycles. The van der Waals surface area contributed by atoms with E-state index in [0.29, 0.717) is 10.7 Å². The Balaban J connectivity index is 1.81. The number of nitrogens with zero attached hydrogens (tertiary/aromatic N) is 1. The molecule has 6 heteroatoms. The number of pyridine rings is 1. The number of hydrogen-bond acceptors (Lipinski definition) is 3. The van der Waals surface area contributed by atoms with Crippen LogP contribution >= 0.6 is 11.6 Å². The van der Waals surface area contributed by atoms with E-state index in [1.807, 2.05) is 30.3 Å². The summed E-state index contributed by atoms with van der Waals surface area (Å²) in [5, 5.41) is 1.93. The first kappa shape index (κ1) is 17.0. The second-order valence-corrected chi connectivity index (χ2v) is 6.44. The first-order chi connectivity index (χ1) is 13.1. The highest BCUT2D eigenvalue weighted by molar-refractivity contribution is 6.30. The third kappa shape index (κ3) is 3.73. The maximum atomic E-state index is 12.4. The van der Waals surface area contributed by atoms with E-state index in [1.165, 1.54) is 0 Å². The van der Waals surface area contributed by atoms with Crippen molar-refractivity contribution in [1.82, 2.24) is 15.0 Å². The maximum Gasteiger partial charge on any atom is 0.272 e. The number of benzene rings is 2. The fourth-order valence-corrected chi connectivity index (χ4v) is 2.86. The van der Waals surface area contributed by atoms with Crippen LogP contribution in [0.4, 0.5) is 0 Å². The highest BCUT2D eigenvalue weighted by atomic mass is 35.5. The van der Waals surface area contributed by atoms with Gasteiger partial charge >= 0.3 is 0 Å². The second-order valence-electron chi connectivity index (χ2n) is 6.00. The first-order valence-electron chi connectivity index (χ1n) is 8.26. The van der Waals surface area contributed by atoms with Gasteiger partial charge in [0.25, 0.3) is 11.1 Å². The van der Waals surface area contributed by atoms with Gasteiger partial charge < -0.3 is 9.97 Å². The van der Waals surface area contributed by atoms with Crippen molar-refractivity contribution in [2.24, 2.45) is 0 Å². The van der Waals surface area contributed by atoms with Gasteiger partial charge in [-0.05, 0) is 42.0 Å². The summed E-state index contributed by atoms with van der Waals surface area (Å²) in [5.41, 5.74) is 1.37. The Morgan fingerprint density at radius 3 is 2.19 bits per heavy atom. The molecule has 0 atom stereocenters. The van der Waals surface area contributed by atoms with Gasteiger partial charge in [0, 0.05) is 10.4 Å². The van der Waals surface area contributed by atoms with Crippen LogP contribution < -0.4 is 21.8 Å². The van der Waals surface area contributed by atoms with E-state index >= 15 is 0 Å². The van der Waals surface area contributed by atoms with Crippen molar-refractivity contribution in [3.8, 4) is 0 Å². The standard InChI is InChI=1S/C21H14ClN3O2/c22-15-8-5-13(6-9-15)11-18-20(26)25-19(21(27)24-18)12-16-10-7-14-3-1-2-4-17(14)23-16/h1-12H,(H,24,27)(H,25,26)/b18-11-,19-12-. The van der Waals surface area contributed by atoms with Crippen LogP contribution in [0.3, 0.4) is 0 Å². The van der Waals surface area contributed by atoms with E-state index in [4.69, 9.17) is 11.6 Å². The molecule has 132 valence electrons. The first-order valence-corrected chi connectivity index (χ1v) is 8.64. The monoisotopic (exact) mass is 375 g/mol. The maximum absolute atomic E-state index is 12.4. The third-order valence-electron chi connectivity index (χ3n) is 4.08.